The summed E-state index contributed by atoms with van der Waals surface area (Å²) in [6, 6.07) is 9.33. The Balaban J connectivity index is 1.57. The van der Waals surface area contributed by atoms with Crippen LogP contribution in [0.25, 0.3) is 22.4 Å². The number of aromatic nitrogens is 6. The lowest BCUT2D eigenvalue weighted by Gasteiger charge is -2.07. The number of nitrogens with zero attached hydrogens (tertiary/aromatic N) is 5. The summed E-state index contributed by atoms with van der Waals surface area (Å²) in [4.78, 5) is 17.3. The lowest BCUT2D eigenvalue weighted by molar-refractivity contribution is 0.208. The smallest absolute Gasteiger partial charge is 0.223 e. The highest BCUT2D eigenvalue weighted by Crippen LogP contribution is 2.14. The molecule has 28 heavy (non-hydrogen) atoms. The molecule has 4 rings (SSSR count). The van der Waals surface area contributed by atoms with Crippen LogP contribution in [0.15, 0.2) is 48.9 Å². The molecule has 0 aliphatic heterocycles. The van der Waals surface area contributed by atoms with Crippen molar-refractivity contribution < 1.29 is 5.11 Å². The Kier molecular flexibility index (Phi) is 4.91. The number of rotatable bonds is 4. The van der Waals surface area contributed by atoms with Crippen molar-refractivity contribution in [2.75, 3.05) is 11.9 Å². The SMILES string of the molecule is C[C@@H](O)CNc1nccc(-c2nccc(C#Cc3ccc4[nH]ncc4c3)n2)n1. The van der Waals surface area contributed by atoms with Gasteiger partial charge in [0.25, 0.3) is 0 Å². The van der Waals surface area contributed by atoms with Crippen LogP contribution in [-0.2, 0) is 0 Å². The van der Waals surface area contributed by atoms with Crippen molar-refractivity contribution in [3.8, 4) is 23.4 Å². The third kappa shape index (κ3) is 4.11. The van der Waals surface area contributed by atoms with Crippen molar-refractivity contribution in [3.05, 3.63) is 60.2 Å². The number of fused-ring (bicyclic) bond motifs is 1. The van der Waals surface area contributed by atoms with Gasteiger partial charge >= 0.3 is 0 Å². The molecule has 0 saturated heterocycles. The van der Waals surface area contributed by atoms with E-state index in [2.05, 4.69) is 47.3 Å². The van der Waals surface area contributed by atoms with Crippen LogP contribution < -0.4 is 5.32 Å². The minimum Gasteiger partial charge on any atom is -0.392 e. The zero-order chi connectivity index (χ0) is 19.3. The van der Waals surface area contributed by atoms with E-state index in [1.165, 1.54) is 0 Å². The second-order valence-corrected chi connectivity index (χ2v) is 6.18. The second-order valence-electron chi connectivity index (χ2n) is 6.18. The molecule has 3 heterocycles. The maximum Gasteiger partial charge on any atom is 0.223 e. The number of nitrogens with one attached hydrogen (secondary N) is 2. The molecule has 0 amide bonds. The Bertz CT molecular complexity index is 1170. The van der Waals surface area contributed by atoms with Crippen LogP contribution in [-0.4, -0.2) is 47.9 Å². The summed E-state index contributed by atoms with van der Waals surface area (Å²) in [7, 11) is 0. The molecule has 0 bridgehead atoms. The van der Waals surface area contributed by atoms with Crippen LogP contribution in [0.1, 0.15) is 18.2 Å². The molecule has 4 aromatic rings. The van der Waals surface area contributed by atoms with Gasteiger partial charge in [-0.05, 0) is 43.2 Å². The normalized spacial score (nSPS) is 11.6. The predicted octanol–water partition coefficient (Wildman–Crippen LogP) is 2.00. The maximum absolute atomic E-state index is 9.37. The maximum atomic E-state index is 9.37. The first kappa shape index (κ1) is 17.6. The van der Waals surface area contributed by atoms with E-state index in [1.807, 2.05) is 18.2 Å². The summed E-state index contributed by atoms with van der Waals surface area (Å²) in [6.07, 6.45) is 4.54. The molecule has 0 saturated carbocycles. The lowest BCUT2D eigenvalue weighted by Crippen LogP contribution is -2.17. The molecule has 0 aliphatic rings. The summed E-state index contributed by atoms with van der Waals surface area (Å²) in [6.45, 7) is 2.04. The van der Waals surface area contributed by atoms with Gasteiger partial charge in [0, 0.05) is 29.9 Å². The van der Waals surface area contributed by atoms with Gasteiger partial charge in [-0.25, -0.2) is 19.9 Å². The Hall–Kier alpha value is -3.83. The molecule has 1 atom stereocenters. The Labute approximate surface area is 161 Å². The van der Waals surface area contributed by atoms with Crippen LogP contribution in [0.2, 0.25) is 0 Å². The van der Waals surface area contributed by atoms with Gasteiger partial charge in [0.15, 0.2) is 5.82 Å². The number of aliphatic hydroxyl groups is 1. The molecule has 0 unspecified atom stereocenters. The third-order valence-electron chi connectivity index (χ3n) is 3.87. The van der Waals surface area contributed by atoms with E-state index in [9.17, 15) is 5.11 Å². The molecule has 0 aliphatic carbocycles. The molecular weight excluding hydrogens is 354 g/mol. The Morgan fingerprint density at radius 1 is 1.11 bits per heavy atom. The van der Waals surface area contributed by atoms with Gasteiger partial charge in [0.2, 0.25) is 5.95 Å². The average Bonchev–Trinajstić information content (AvgIpc) is 3.19. The first-order valence-electron chi connectivity index (χ1n) is 8.71. The lowest BCUT2D eigenvalue weighted by atomic mass is 10.1. The number of benzene rings is 1. The zero-order valence-corrected chi connectivity index (χ0v) is 15.1. The van der Waals surface area contributed by atoms with E-state index in [1.54, 1.807) is 37.6 Å². The molecule has 8 nitrogen and oxygen atoms in total. The third-order valence-corrected chi connectivity index (χ3v) is 3.87. The summed E-state index contributed by atoms with van der Waals surface area (Å²) < 4.78 is 0. The van der Waals surface area contributed by atoms with Gasteiger partial charge in [0.1, 0.15) is 11.4 Å². The van der Waals surface area contributed by atoms with Crippen molar-refractivity contribution in [1.29, 1.82) is 0 Å². The van der Waals surface area contributed by atoms with Gasteiger partial charge in [-0.3, -0.25) is 5.10 Å². The van der Waals surface area contributed by atoms with Crippen LogP contribution in [0.5, 0.6) is 0 Å². The van der Waals surface area contributed by atoms with Gasteiger partial charge < -0.3 is 10.4 Å². The Morgan fingerprint density at radius 3 is 2.89 bits per heavy atom. The summed E-state index contributed by atoms with van der Waals surface area (Å²) in [5.41, 5.74) is 3.01. The largest absolute Gasteiger partial charge is 0.392 e. The first-order chi connectivity index (χ1) is 13.7. The minimum absolute atomic E-state index is 0.358. The van der Waals surface area contributed by atoms with Crippen molar-refractivity contribution in [2.45, 2.75) is 13.0 Å². The standard InChI is InChI=1S/C20H17N7O/c1-13(28)11-23-20-22-9-7-18(26-20)19-21-8-6-16(25-19)4-2-14-3-5-17-15(10-14)12-24-27-17/h3,5-10,12-13,28H,11H2,1H3,(H,24,27)(H,22,23,26)/t13-/m1/s1. The minimum atomic E-state index is -0.497. The predicted molar refractivity (Wildman–Crippen MR) is 105 cm³/mol. The number of H-pyrrole nitrogens is 1. The van der Waals surface area contributed by atoms with Crippen LogP contribution in [0, 0.1) is 11.8 Å². The number of aliphatic hydroxyl groups excluding tert-OH is 1. The van der Waals surface area contributed by atoms with Crippen molar-refractivity contribution >= 4 is 16.9 Å². The quantitative estimate of drug-likeness (QED) is 0.470. The van der Waals surface area contributed by atoms with E-state index in [0.717, 1.165) is 16.5 Å². The van der Waals surface area contributed by atoms with Gasteiger partial charge in [0.05, 0.1) is 17.8 Å². The fourth-order valence-corrected chi connectivity index (χ4v) is 2.52. The van der Waals surface area contributed by atoms with E-state index in [4.69, 9.17) is 0 Å². The van der Waals surface area contributed by atoms with E-state index >= 15 is 0 Å². The first-order valence-corrected chi connectivity index (χ1v) is 8.71. The van der Waals surface area contributed by atoms with E-state index < -0.39 is 6.10 Å². The zero-order valence-electron chi connectivity index (χ0n) is 15.1. The van der Waals surface area contributed by atoms with Gasteiger partial charge in [-0.1, -0.05) is 5.92 Å². The number of hydrogen-bond acceptors (Lipinski definition) is 7. The molecule has 138 valence electrons. The molecule has 0 spiro atoms. The summed E-state index contributed by atoms with van der Waals surface area (Å²) >= 11 is 0. The molecule has 3 N–H and O–H groups in total. The summed E-state index contributed by atoms with van der Waals surface area (Å²) in [5, 5.41) is 20.3. The van der Waals surface area contributed by atoms with E-state index in [0.29, 0.717) is 29.7 Å². The molecule has 8 heteroatoms. The van der Waals surface area contributed by atoms with Crippen LogP contribution in [0.3, 0.4) is 0 Å². The fourth-order valence-electron chi connectivity index (χ4n) is 2.52. The number of anilines is 1. The highest BCUT2D eigenvalue weighted by Gasteiger charge is 2.06. The summed E-state index contributed by atoms with van der Waals surface area (Å²) in [5.74, 6) is 7.04. The number of hydrogen-bond donors (Lipinski definition) is 3. The number of aromatic amines is 1. The van der Waals surface area contributed by atoms with Gasteiger partial charge in [-0.15, -0.1) is 0 Å². The van der Waals surface area contributed by atoms with Gasteiger partial charge in [-0.2, -0.15) is 5.10 Å². The molecule has 0 radical (unpaired) electrons. The second kappa shape index (κ2) is 7.82. The molecule has 1 aromatic carbocycles. The van der Waals surface area contributed by atoms with Crippen LogP contribution in [0.4, 0.5) is 5.95 Å². The highest BCUT2D eigenvalue weighted by atomic mass is 16.3. The van der Waals surface area contributed by atoms with Crippen molar-refractivity contribution in [1.82, 2.24) is 30.1 Å². The van der Waals surface area contributed by atoms with Crippen LogP contribution >= 0.6 is 0 Å². The average molecular weight is 371 g/mol. The Morgan fingerprint density at radius 2 is 2.00 bits per heavy atom. The fraction of sp³-hybridized carbons (Fsp3) is 0.150. The molecule has 3 aromatic heterocycles. The monoisotopic (exact) mass is 371 g/mol. The van der Waals surface area contributed by atoms with E-state index in [-0.39, 0.29) is 0 Å². The molecular formula is C20H17N7O. The van der Waals surface area contributed by atoms with Crippen molar-refractivity contribution in [2.24, 2.45) is 0 Å². The topological polar surface area (TPSA) is 112 Å². The van der Waals surface area contributed by atoms with Crippen molar-refractivity contribution in [3.63, 3.8) is 0 Å². The highest BCUT2D eigenvalue weighted by molar-refractivity contribution is 5.79. The molecule has 0 fully saturated rings.